The lowest BCUT2D eigenvalue weighted by atomic mass is 10.3. The van der Waals surface area contributed by atoms with Crippen LogP contribution in [0.5, 0.6) is 0 Å². The zero-order valence-corrected chi connectivity index (χ0v) is 8.82. The summed E-state index contributed by atoms with van der Waals surface area (Å²) in [7, 11) is 0. The molecule has 0 saturated carbocycles. The van der Waals surface area contributed by atoms with E-state index < -0.39 is 43.2 Å². The second-order valence-electron chi connectivity index (χ2n) is 3.22. The average Bonchev–Trinajstić information content (AvgIpc) is 2.19. The molecule has 0 spiro atoms. The van der Waals surface area contributed by atoms with Crippen LogP contribution in [0.15, 0.2) is 12.3 Å². The minimum atomic E-state index is -5.11. The molecule has 10 heteroatoms. The van der Waals surface area contributed by atoms with Crippen molar-refractivity contribution < 1.29 is 36.2 Å². The summed E-state index contributed by atoms with van der Waals surface area (Å²) < 4.78 is 70.8. The molecule has 0 saturated heterocycles. The Morgan fingerprint density at radius 1 is 1.06 bits per heavy atom. The lowest BCUT2D eigenvalue weighted by Crippen LogP contribution is -2.43. The van der Waals surface area contributed by atoms with E-state index in [0.29, 0.717) is 0 Å². The normalized spacial score (nSPS) is 13.9. The molecule has 0 aliphatic carbocycles. The monoisotopic (exact) mass is 280 g/mol. The van der Waals surface area contributed by atoms with Gasteiger partial charge >= 0.3 is 18.3 Å². The summed E-state index contributed by atoms with van der Waals surface area (Å²) in [4.78, 5) is 10.3. The molecule has 3 N–H and O–H groups in total. The number of halogens is 6. The van der Waals surface area contributed by atoms with Crippen LogP contribution in [0.4, 0.5) is 26.3 Å². The highest BCUT2D eigenvalue weighted by Gasteiger charge is 2.38. The molecule has 18 heavy (non-hydrogen) atoms. The Morgan fingerprint density at radius 2 is 1.50 bits per heavy atom. The summed E-state index contributed by atoms with van der Waals surface area (Å²) in [5.74, 6) is -2.28. The molecule has 0 heterocycles. The van der Waals surface area contributed by atoms with Crippen LogP contribution in [0, 0.1) is 0 Å². The van der Waals surface area contributed by atoms with Crippen molar-refractivity contribution in [3.63, 3.8) is 0 Å². The van der Waals surface area contributed by atoms with Gasteiger partial charge in [-0.05, 0) is 0 Å². The molecule has 0 aromatic carbocycles. The summed E-state index contributed by atoms with van der Waals surface area (Å²) in [6, 6.07) is 0. The number of carbonyl (C=O) groups excluding carboxylic acids is 1. The van der Waals surface area contributed by atoms with E-state index in [9.17, 15) is 31.1 Å². The van der Waals surface area contributed by atoms with Crippen LogP contribution in [0.2, 0.25) is 0 Å². The molecule has 1 atom stereocenters. The number of carbonyl (C=O) groups is 1. The molecule has 0 aromatic heterocycles. The predicted molar refractivity (Wildman–Crippen MR) is 48.3 cm³/mol. The van der Waals surface area contributed by atoms with E-state index in [0.717, 1.165) is 0 Å². The average molecular weight is 280 g/mol. The van der Waals surface area contributed by atoms with Gasteiger partial charge in [0, 0.05) is 13.1 Å². The molecule has 0 bridgehead atoms. The number of amides is 1. The second-order valence-corrected chi connectivity index (χ2v) is 3.22. The molecule has 106 valence electrons. The highest BCUT2D eigenvalue weighted by Crippen LogP contribution is 2.21. The number of hydrogen-bond donors (Lipinski definition) is 3. The van der Waals surface area contributed by atoms with Gasteiger partial charge in [0.2, 0.25) is 0 Å². The Morgan fingerprint density at radius 3 is 1.89 bits per heavy atom. The Balaban J connectivity index is 3.97. The van der Waals surface area contributed by atoms with E-state index in [-0.39, 0.29) is 0 Å². The molecule has 0 aliphatic heterocycles. The number of hydrogen-bond acceptors (Lipinski definition) is 3. The van der Waals surface area contributed by atoms with E-state index in [1.54, 1.807) is 5.32 Å². The van der Waals surface area contributed by atoms with E-state index in [1.807, 2.05) is 0 Å². The Labute approximate surface area is 97.7 Å². The number of aliphatic hydroxyl groups is 1. The van der Waals surface area contributed by atoms with Crippen molar-refractivity contribution >= 4 is 5.91 Å². The number of alkyl halides is 6. The van der Waals surface area contributed by atoms with Crippen molar-refractivity contribution in [2.75, 3.05) is 13.1 Å². The van der Waals surface area contributed by atoms with E-state index >= 15 is 0 Å². The van der Waals surface area contributed by atoms with Gasteiger partial charge in [-0.2, -0.15) is 26.3 Å². The van der Waals surface area contributed by atoms with Crippen LogP contribution in [0.3, 0.4) is 0 Å². The van der Waals surface area contributed by atoms with Crippen molar-refractivity contribution in [1.29, 1.82) is 0 Å². The summed E-state index contributed by atoms with van der Waals surface area (Å²) >= 11 is 0. The molecular weight excluding hydrogens is 270 g/mol. The summed E-state index contributed by atoms with van der Waals surface area (Å²) in [6.07, 6.45) is -11.4. The Hall–Kier alpha value is -1.45. The molecule has 1 unspecified atom stereocenters. The van der Waals surface area contributed by atoms with Crippen molar-refractivity contribution in [3.05, 3.63) is 12.3 Å². The second kappa shape index (κ2) is 5.94. The van der Waals surface area contributed by atoms with E-state index in [1.165, 1.54) is 5.32 Å². The first-order valence-electron chi connectivity index (χ1n) is 4.47. The van der Waals surface area contributed by atoms with Crippen LogP contribution < -0.4 is 10.6 Å². The van der Waals surface area contributed by atoms with Crippen LogP contribution in [0.25, 0.3) is 0 Å². The van der Waals surface area contributed by atoms with E-state index in [4.69, 9.17) is 5.11 Å². The third kappa shape index (κ3) is 6.33. The fourth-order valence-electron chi connectivity index (χ4n) is 0.724. The van der Waals surface area contributed by atoms with Gasteiger partial charge in [0.15, 0.2) is 0 Å². The van der Waals surface area contributed by atoms with Crippen molar-refractivity contribution in [3.8, 4) is 0 Å². The maximum absolute atomic E-state index is 11.9. The number of nitrogens with one attached hydrogen (secondary N) is 2. The number of aliphatic hydroxyl groups excluding tert-OH is 1. The first-order valence-corrected chi connectivity index (χ1v) is 4.47. The van der Waals surface area contributed by atoms with Gasteiger partial charge < -0.3 is 15.7 Å². The van der Waals surface area contributed by atoms with Crippen molar-refractivity contribution in [2.24, 2.45) is 0 Å². The molecule has 0 rings (SSSR count). The molecule has 1 amide bonds. The standard InChI is InChI=1S/C8H10F6N2O2/c1-4(7(9,10)11)15-2-5(17)3-16-6(18)8(12,13)14/h5,15,17H,1-3H2,(H,16,18). The van der Waals surface area contributed by atoms with Crippen LogP contribution in [0.1, 0.15) is 0 Å². The largest absolute Gasteiger partial charge is 0.471 e. The minimum absolute atomic E-state index is 0.698. The fourth-order valence-corrected chi connectivity index (χ4v) is 0.724. The maximum Gasteiger partial charge on any atom is 0.471 e. The minimum Gasteiger partial charge on any atom is -0.389 e. The topological polar surface area (TPSA) is 61.4 Å². The van der Waals surface area contributed by atoms with Gasteiger partial charge in [-0.3, -0.25) is 4.79 Å². The number of rotatable bonds is 5. The third-order valence-corrected chi connectivity index (χ3v) is 1.65. The zero-order valence-electron chi connectivity index (χ0n) is 8.82. The molecule has 4 nitrogen and oxygen atoms in total. The lowest BCUT2D eigenvalue weighted by molar-refractivity contribution is -0.173. The smallest absolute Gasteiger partial charge is 0.389 e. The Bertz CT molecular complexity index is 282. The first-order chi connectivity index (χ1) is 7.94. The van der Waals surface area contributed by atoms with Gasteiger partial charge in [0.1, 0.15) is 5.70 Å². The molecule has 0 aliphatic rings. The molecule has 0 aromatic rings. The summed E-state index contributed by atoms with van der Waals surface area (Å²) in [5, 5.41) is 12.0. The van der Waals surface area contributed by atoms with Gasteiger partial charge in [-0.15, -0.1) is 0 Å². The number of allylic oxidation sites excluding steroid dienone is 1. The van der Waals surface area contributed by atoms with Crippen molar-refractivity contribution in [2.45, 2.75) is 18.5 Å². The van der Waals surface area contributed by atoms with Gasteiger partial charge in [0.25, 0.3) is 0 Å². The van der Waals surface area contributed by atoms with Crippen LogP contribution in [-0.4, -0.2) is 42.6 Å². The van der Waals surface area contributed by atoms with Gasteiger partial charge in [0.05, 0.1) is 6.10 Å². The third-order valence-electron chi connectivity index (χ3n) is 1.65. The highest BCUT2D eigenvalue weighted by molar-refractivity contribution is 5.81. The Kier molecular flexibility index (Phi) is 5.46. The molecule has 0 radical (unpaired) electrons. The predicted octanol–water partition coefficient (Wildman–Crippen LogP) is 0.691. The highest BCUT2D eigenvalue weighted by atomic mass is 19.4. The quantitative estimate of drug-likeness (QED) is 0.649. The van der Waals surface area contributed by atoms with Crippen LogP contribution >= 0.6 is 0 Å². The lowest BCUT2D eigenvalue weighted by Gasteiger charge is -2.16. The summed E-state index contributed by atoms with van der Waals surface area (Å²) in [6.45, 7) is 1.08. The van der Waals surface area contributed by atoms with E-state index in [2.05, 4.69) is 6.58 Å². The van der Waals surface area contributed by atoms with Gasteiger partial charge in [-0.1, -0.05) is 6.58 Å². The molecule has 0 fully saturated rings. The summed E-state index contributed by atoms with van der Waals surface area (Å²) in [5.41, 5.74) is -1.34. The van der Waals surface area contributed by atoms with Gasteiger partial charge in [-0.25, -0.2) is 0 Å². The zero-order chi connectivity index (χ0) is 14.6. The fraction of sp³-hybridized carbons (Fsp3) is 0.625. The molecular formula is C8H10F6N2O2. The maximum atomic E-state index is 11.9. The van der Waals surface area contributed by atoms with Crippen molar-refractivity contribution in [1.82, 2.24) is 10.6 Å². The first kappa shape index (κ1) is 16.6. The SMILES string of the molecule is C=C(NCC(O)CNC(=O)C(F)(F)F)C(F)(F)F. The van der Waals surface area contributed by atoms with Crippen LogP contribution in [-0.2, 0) is 4.79 Å².